The molecule has 6 heteroatoms. The van der Waals surface area contributed by atoms with Crippen LogP contribution < -0.4 is 5.63 Å². The third kappa shape index (κ3) is 2.62. The minimum atomic E-state index is -3.96. The van der Waals surface area contributed by atoms with E-state index in [1.807, 2.05) is 0 Å². The number of para-hydroxylation sites is 1. The van der Waals surface area contributed by atoms with Gasteiger partial charge in [0.05, 0.1) is 4.91 Å². The summed E-state index contributed by atoms with van der Waals surface area (Å²) in [5, 5.41) is 9.96. The zero-order valence-corrected chi connectivity index (χ0v) is 12.3. The Morgan fingerprint density at radius 1 is 1.29 bits per heavy atom. The van der Waals surface area contributed by atoms with Crippen LogP contribution in [0, 0.1) is 0 Å². The highest BCUT2D eigenvalue weighted by molar-refractivity contribution is 7.95. The van der Waals surface area contributed by atoms with Crippen molar-refractivity contribution in [1.29, 1.82) is 0 Å². The highest BCUT2D eigenvalue weighted by atomic mass is 32.2. The van der Waals surface area contributed by atoms with E-state index in [2.05, 4.69) is 0 Å². The fourth-order valence-corrected chi connectivity index (χ4v) is 3.35. The van der Waals surface area contributed by atoms with E-state index in [-0.39, 0.29) is 16.2 Å². The lowest BCUT2D eigenvalue weighted by atomic mass is 10.2. The van der Waals surface area contributed by atoms with Crippen molar-refractivity contribution in [2.24, 2.45) is 0 Å². The maximum atomic E-state index is 12.5. The van der Waals surface area contributed by atoms with Crippen molar-refractivity contribution in [1.82, 2.24) is 0 Å². The lowest BCUT2D eigenvalue weighted by Gasteiger charge is -2.05. The van der Waals surface area contributed by atoms with Gasteiger partial charge in [-0.3, -0.25) is 0 Å². The molecular formula is C15H14O5S. The van der Waals surface area contributed by atoms with Gasteiger partial charge in [-0.05, 0) is 32.1 Å². The molecule has 110 valence electrons. The number of fused-ring (bicyclic) bond motifs is 1. The number of hydrogen-bond acceptors (Lipinski definition) is 5. The van der Waals surface area contributed by atoms with Crippen LogP contribution in [0.2, 0.25) is 0 Å². The first-order valence-electron chi connectivity index (χ1n) is 6.21. The van der Waals surface area contributed by atoms with Gasteiger partial charge in [-0.1, -0.05) is 24.3 Å². The average Bonchev–Trinajstić information content (AvgIpc) is 2.44. The lowest BCUT2D eigenvalue weighted by molar-refractivity contribution is 0.453. The van der Waals surface area contributed by atoms with E-state index >= 15 is 0 Å². The van der Waals surface area contributed by atoms with Gasteiger partial charge in [0.15, 0.2) is 16.2 Å². The molecule has 0 amide bonds. The van der Waals surface area contributed by atoms with E-state index < -0.39 is 20.4 Å². The van der Waals surface area contributed by atoms with E-state index in [0.29, 0.717) is 5.39 Å². The number of allylic oxidation sites excluding steroid dienone is 3. The Morgan fingerprint density at radius 3 is 2.62 bits per heavy atom. The highest BCUT2D eigenvalue weighted by Crippen LogP contribution is 2.26. The van der Waals surface area contributed by atoms with Crippen LogP contribution in [0.25, 0.3) is 11.0 Å². The first kappa shape index (κ1) is 15.1. The van der Waals surface area contributed by atoms with Crippen molar-refractivity contribution in [3.8, 4) is 5.75 Å². The molecule has 0 aliphatic heterocycles. The molecule has 0 fully saturated rings. The molecule has 0 radical (unpaired) electrons. The molecule has 1 N–H and O–H groups in total. The Morgan fingerprint density at radius 2 is 2.00 bits per heavy atom. The molecule has 0 aliphatic rings. The molecule has 5 nitrogen and oxygen atoms in total. The van der Waals surface area contributed by atoms with Gasteiger partial charge in [0.1, 0.15) is 0 Å². The first-order valence-corrected chi connectivity index (χ1v) is 7.70. The summed E-state index contributed by atoms with van der Waals surface area (Å²) in [6.07, 6.45) is 4.38. The average molecular weight is 306 g/mol. The predicted molar refractivity (Wildman–Crippen MR) is 79.9 cm³/mol. The van der Waals surface area contributed by atoms with Crippen LogP contribution >= 0.6 is 0 Å². The van der Waals surface area contributed by atoms with Crippen molar-refractivity contribution >= 4 is 20.8 Å². The van der Waals surface area contributed by atoms with Gasteiger partial charge in [0, 0.05) is 5.39 Å². The normalized spacial score (nSPS) is 13.1. The largest absolute Gasteiger partial charge is 0.504 e. The summed E-state index contributed by atoms with van der Waals surface area (Å²) in [7, 11) is -3.96. The third-order valence-corrected chi connectivity index (χ3v) is 4.78. The Kier molecular flexibility index (Phi) is 3.99. The minimum absolute atomic E-state index is 0.0109. The van der Waals surface area contributed by atoms with Crippen molar-refractivity contribution in [3.63, 3.8) is 0 Å². The SMILES string of the molecule is C/C=C\C(=C/C)S(=O)(=O)c1cc2cccc(O)c2oc1=O. The molecule has 1 aromatic heterocycles. The van der Waals surface area contributed by atoms with Gasteiger partial charge in [-0.25, -0.2) is 13.2 Å². The van der Waals surface area contributed by atoms with Crippen LogP contribution in [0.3, 0.4) is 0 Å². The number of phenols is 1. The molecule has 0 saturated carbocycles. The van der Waals surface area contributed by atoms with E-state index in [1.165, 1.54) is 30.4 Å². The van der Waals surface area contributed by atoms with Crippen LogP contribution in [0.4, 0.5) is 0 Å². The number of aromatic hydroxyl groups is 1. The van der Waals surface area contributed by atoms with E-state index in [1.54, 1.807) is 26.0 Å². The third-order valence-electron chi connectivity index (χ3n) is 2.92. The van der Waals surface area contributed by atoms with Gasteiger partial charge in [0.2, 0.25) is 9.84 Å². The molecule has 0 unspecified atom stereocenters. The molecular weight excluding hydrogens is 292 g/mol. The van der Waals surface area contributed by atoms with Crippen molar-refractivity contribution in [3.05, 3.63) is 57.8 Å². The van der Waals surface area contributed by atoms with E-state index in [0.717, 1.165) is 0 Å². The van der Waals surface area contributed by atoms with Crippen molar-refractivity contribution < 1.29 is 17.9 Å². The van der Waals surface area contributed by atoms with Crippen molar-refractivity contribution in [2.75, 3.05) is 0 Å². The summed E-state index contributed by atoms with van der Waals surface area (Å²) in [6.45, 7) is 3.25. The molecule has 2 rings (SSSR count). The van der Waals surface area contributed by atoms with Gasteiger partial charge in [0.25, 0.3) is 0 Å². The van der Waals surface area contributed by atoms with Crippen LogP contribution in [0.5, 0.6) is 5.75 Å². The monoisotopic (exact) mass is 306 g/mol. The van der Waals surface area contributed by atoms with E-state index in [9.17, 15) is 18.3 Å². The zero-order valence-electron chi connectivity index (χ0n) is 11.5. The number of benzene rings is 1. The summed E-state index contributed by atoms with van der Waals surface area (Å²) >= 11 is 0. The zero-order chi connectivity index (χ0) is 15.6. The number of hydrogen-bond donors (Lipinski definition) is 1. The van der Waals surface area contributed by atoms with Crippen molar-refractivity contribution in [2.45, 2.75) is 18.7 Å². The summed E-state index contributed by atoms with van der Waals surface area (Å²) in [5.74, 6) is -0.215. The summed E-state index contributed by atoms with van der Waals surface area (Å²) in [6, 6.07) is 5.67. The Bertz CT molecular complexity index is 901. The maximum Gasteiger partial charge on any atom is 0.355 e. The molecule has 1 aromatic carbocycles. The lowest BCUT2D eigenvalue weighted by Crippen LogP contribution is -2.15. The van der Waals surface area contributed by atoms with Crippen LogP contribution in [0.1, 0.15) is 13.8 Å². The fraction of sp³-hybridized carbons (Fsp3) is 0.133. The first-order chi connectivity index (χ1) is 9.91. The second kappa shape index (κ2) is 5.57. The van der Waals surface area contributed by atoms with Crippen LogP contribution in [-0.2, 0) is 9.84 Å². The van der Waals surface area contributed by atoms with Gasteiger partial charge < -0.3 is 9.52 Å². The van der Waals surface area contributed by atoms with Gasteiger partial charge in [-0.15, -0.1) is 0 Å². The Balaban J connectivity index is 2.79. The number of sulfone groups is 1. The topological polar surface area (TPSA) is 84.6 Å². The summed E-state index contributed by atoms with van der Waals surface area (Å²) in [5.41, 5.74) is -1.04. The second-order valence-electron chi connectivity index (χ2n) is 4.29. The molecule has 1 heterocycles. The molecule has 21 heavy (non-hydrogen) atoms. The molecule has 0 atom stereocenters. The summed E-state index contributed by atoms with van der Waals surface area (Å²) < 4.78 is 29.9. The Labute approximate surface area is 121 Å². The molecule has 0 spiro atoms. The number of phenolic OH excluding ortho intramolecular Hbond substituents is 1. The molecule has 0 bridgehead atoms. The standard InChI is InChI=1S/C15H14O5S/c1-3-6-11(4-2)21(18,19)13-9-10-7-5-8-12(16)14(10)20-15(13)17/h3-9,16H,1-2H3/b6-3-,11-4+. The molecule has 2 aromatic rings. The van der Waals surface area contributed by atoms with Gasteiger partial charge in [-0.2, -0.15) is 0 Å². The highest BCUT2D eigenvalue weighted by Gasteiger charge is 2.24. The number of rotatable bonds is 3. The Hall–Kier alpha value is -2.34. The van der Waals surface area contributed by atoms with Crippen LogP contribution in [0.15, 0.2) is 61.5 Å². The second-order valence-corrected chi connectivity index (χ2v) is 6.21. The van der Waals surface area contributed by atoms with E-state index in [4.69, 9.17) is 4.42 Å². The maximum absolute atomic E-state index is 12.5. The van der Waals surface area contributed by atoms with Gasteiger partial charge >= 0.3 is 5.63 Å². The van der Waals surface area contributed by atoms with Crippen LogP contribution in [-0.4, -0.2) is 13.5 Å². The molecule has 0 saturated heterocycles. The molecule has 0 aliphatic carbocycles. The minimum Gasteiger partial charge on any atom is -0.504 e. The smallest absolute Gasteiger partial charge is 0.355 e. The summed E-state index contributed by atoms with van der Waals surface area (Å²) in [4.78, 5) is 11.5. The fourth-order valence-electron chi connectivity index (χ4n) is 1.93. The quantitative estimate of drug-likeness (QED) is 0.696. The predicted octanol–water partition coefficient (Wildman–Crippen LogP) is 2.75.